The topological polar surface area (TPSA) is 92.7 Å². The quantitative estimate of drug-likeness (QED) is 0.329. The smallest absolute Gasteiger partial charge is 0.243 e. The Balaban J connectivity index is 1.37. The molecule has 4 aromatic rings. The fourth-order valence-electron chi connectivity index (χ4n) is 4.44. The molecule has 0 N–H and O–H groups in total. The molecule has 3 heterocycles. The van der Waals surface area contributed by atoms with Gasteiger partial charge in [-0.05, 0) is 54.8 Å². The monoisotopic (exact) mass is 558 g/mol. The van der Waals surface area contributed by atoms with E-state index in [1.165, 1.54) is 34.5 Å². The van der Waals surface area contributed by atoms with Crippen molar-refractivity contribution in [3.8, 4) is 5.75 Å². The predicted octanol–water partition coefficient (Wildman–Crippen LogP) is 4.61. The van der Waals surface area contributed by atoms with Crippen LogP contribution in [0.4, 0.5) is 13.9 Å². The number of ether oxygens (including phenoxy) is 1. The minimum Gasteiger partial charge on any atom is -0.497 e. The second-order valence-electron chi connectivity index (χ2n) is 8.87. The van der Waals surface area contributed by atoms with Gasteiger partial charge in [-0.25, -0.2) is 22.2 Å². The maximum atomic E-state index is 14.4. The molecule has 0 saturated carbocycles. The lowest BCUT2D eigenvalue weighted by Gasteiger charge is -2.33. The molecule has 0 bridgehead atoms. The third-order valence-electron chi connectivity index (χ3n) is 6.46. The average Bonchev–Trinajstić information content (AvgIpc) is 3.36. The first-order valence-corrected chi connectivity index (χ1v) is 14.1. The number of benzene rings is 2. The van der Waals surface area contributed by atoms with Gasteiger partial charge in [0.2, 0.25) is 15.9 Å². The third kappa shape index (κ3) is 5.24. The van der Waals surface area contributed by atoms with E-state index in [1.807, 2.05) is 6.07 Å². The molecule has 38 heavy (non-hydrogen) atoms. The molecule has 5 rings (SSSR count). The summed E-state index contributed by atoms with van der Waals surface area (Å²) in [6, 6.07) is 11.7. The number of rotatable bonds is 7. The number of piperidine rings is 1. The van der Waals surface area contributed by atoms with Crippen LogP contribution in [0.3, 0.4) is 0 Å². The van der Waals surface area contributed by atoms with Crippen molar-refractivity contribution in [1.82, 2.24) is 14.3 Å². The molecule has 1 saturated heterocycles. The number of aromatic nitrogens is 2. The van der Waals surface area contributed by atoms with Gasteiger partial charge in [-0.2, -0.15) is 4.31 Å². The van der Waals surface area contributed by atoms with Gasteiger partial charge in [0.15, 0.2) is 10.9 Å². The number of thiazole rings is 1. The number of hydrogen-bond acceptors (Lipinski definition) is 7. The Labute approximate surface area is 222 Å². The summed E-state index contributed by atoms with van der Waals surface area (Å²) in [7, 11) is -2.22. The van der Waals surface area contributed by atoms with Crippen LogP contribution in [0.2, 0.25) is 0 Å². The van der Waals surface area contributed by atoms with Gasteiger partial charge in [-0.3, -0.25) is 14.7 Å². The molecule has 0 unspecified atom stereocenters. The molecular weight excluding hydrogens is 534 g/mol. The minimum absolute atomic E-state index is 0.00390. The Hall–Kier alpha value is -3.48. The van der Waals surface area contributed by atoms with Gasteiger partial charge < -0.3 is 4.74 Å². The Kier molecular flexibility index (Phi) is 7.37. The summed E-state index contributed by atoms with van der Waals surface area (Å²) in [6.45, 7) is 0.483. The van der Waals surface area contributed by atoms with E-state index in [2.05, 4.69) is 9.97 Å². The van der Waals surface area contributed by atoms with Gasteiger partial charge in [0.1, 0.15) is 17.1 Å². The number of amides is 1. The lowest BCUT2D eigenvalue weighted by Crippen LogP contribution is -2.44. The Morgan fingerprint density at radius 3 is 2.55 bits per heavy atom. The number of carbonyl (C=O) groups is 1. The van der Waals surface area contributed by atoms with Crippen molar-refractivity contribution < 1.29 is 26.7 Å². The highest BCUT2D eigenvalue weighted by molar-refractivity contribution is 7.89. The highest BCUT2D eigenvalue weighted by Gasteiger charge is 2.35. The second kappa shape index (κ2) is 10.7. The van der Waals surface area contributed by atoms with Crippen LogP contribution in [0.1, 0.15) is 18.4 Å². The number of nitrogens with zero attached hydrogens (tertiary/aromatic N) is 4. The first-order valence-electron chi connectivity index (χ1n) is 11.9. The third-order valence-corrected chi connectivity index (χ3v) is 9.40. The summed E-state index contributed by atoms with van der Waals surface area (Å²) in [5, 5.41) is 0.242. The Bertz CT molecular complexity index is 1560. The molecule has 0 spiro atoms. The zero-order valence-corrected chi connectivity index (χ0v) is 22.0. The van der Waals surface area contributed by atoms with E-state index < -0.39 is 27.6 Å². The Morgan fingerprint density at radius 2 is 1.89 bits per heavy atom. The maximum absolute atomic E-state index is 14.4. The number of sulfonamides is 1. The van der Waals surface area contributed by atoms with Crippen molar-refractivity contribution in [3.05, 3.63) is 78.1 Å². The number of anilines is 1. The van der Waals surface area contributed by atoms with E-state index in [4.69, 9.17) is 4.74 Å². The fourth-order valence-corrected chi connectivity index (χ4v) is 6.91. The largest absolute Gasteiger partial charge is 0.497 e. The van der Waals surface area contributed by atoms with Crippen LogP contribution in [0, 0.1) is 17.6 Å². The van der Waals surface area contributed by atoms with Crippen LogP contribution >= 0.6 is 11.3 Å². The summed E-state index contributed by atoms with van der Waals surface area (Å²) >= 11 is 1.03. The lowest BCUT2D eigenvalue weighted by atomic mass is 9.96. The van der Waals surface area contributed by atoms with E-state index in [1.54, 1.807) is 30.6 Å². The molecule has 198 valence electrons. The molecule has 1 amide bonds. The van der Waals surface area contributed by atoms with E-state index >= 15 is 0 Å². The SMILES string of the molecule is COc1ccc(S(=O)(=O)N2CCC(C(=O)N(Cc3cccnc3)c3nc4c(F)cc(F)cc4s3)CC2)cc1. The van der Waals surface area contributed by atoms with Crippen molar-refractivity contribution in [3.63, 3.8) is 0 Å². The van der Waals surface area contributed by atoms with Crippen molar-refractivity contribution >= 4 is 42.6 Å². The van der Waals surface area contributed by atoms with Crippen LogP contribution in [-0.4, -0.2) is 48.8 Å². The summed E-state index contributed by atoms with van der Waals surface area (Å²) in [4.78, 5) is 23.8. The first kappa shape index (κ1) is 26.1. The van der Waals surface area contributed by atoms with Crippen molar-refractivity contribution in [2.45, 2.75) is 24.3 Å². The van der Waals surface area contributed by atoms with Crippen LogP contribution in [0.15, 0.2) is 65.8 Å². The average molecular weight is 559 g/mol. The van der Waals surface area contributed by atoms with Gasteiger partial charge in [-0.15, -0.1) is 0 Å². The van der Waals surface area contributed by atoms with Crippen molar-refractivity contribution in [1.29, 1.82) is 0 Å². The zero-order chi connectivity index (χ0) is 26.9. The van der Waals surface area contributed by atoms with Crippen molar-refractivity contribution in [2.24, 2.45) is 5.92 Å². The molecule has 12 heteroatoms. The first-order chi connectivity index (χ1) is 18.3. The fraction of sp³-hybridized carbons (Fsp3) is 0.269. The molecule has 0 radical (unpaired) electrons. The molecule has 8 nitrogen and oxygen atoms in total. The molecule has 1 fully saturated rings. The lowest BCUT2D eigenvalue weighted by molar-refractivity contribution is -0.123. The van der Waals surface area contributed by atoms with Gasteiger partial charge in [-0.1, -0.05) is 17.4 Å². The number of pyridine rings is 1. The number of halogens is 2. The summed E-state index contributed by atoms with van der Waals surface area (Å²) in [6.07, 6.45) is 3.86. The van der Waals surface area contributed by atoms with Crippen LogP contribution in [0.25, 0.3) is 10.2 Å². The van der Waals surface area contributed by atoms with Crippen molar-refractivity contribution in [2.75, 3.05) is 25.1 Å². The van der Waals surface area contributed by atoms with Crippen LogP contribution in [0.5, 0.6) is 5.75 Å². The van der Waals surface area contributed by atoms with Gasteiger partial charge in [0.05, 0.1) is 23.2 Å². The predicted molar refractivity (Wildman–Crippen MR) is 139 cm³/mol. The minimum atomic E-state index is -3.73. The van der Waals surface area contributed by atoms with Gasteiger partial charge >= 0.3 is 0 Å². The molecular formula is C26H24F2N4O4S2. The second-order valence-corrected chi connectivity index (χ2v) is 11.8. The summed E-state index contributed by atoms with van der Waals surface area (Å²) < 4.78 is 61.2. The molecule has 2 aromatic carbocycles. The number of carbonyl (C=O) groups excluding carboxylic acids is 1. The highest BCUT2D eigenvalue weighted by atomic mass is 32.2. The summed E-state index contributed by atoms with van der Waals surface area (Å²) in [5.41, 5.74) is 0.738. The van der Waals surface area contributed by atoms with E-state index in [0.29, 0.717) is 23.3 Å². The molecule has 1 aliphatic rings. The maximum Gasteiger partial charge on any atom is 0.243 e. The normalized spacial score (nSPS) is 15.0. The molecule has 0 aliphatic carbocycles. The molecule has 2 aromatic heterocycles. The zero-order valence-electron chi connectivity index (χ0n) is 20.4. The number of fused-ring (bicyclic) bond motifs is 1. The molecule has 0 atom stereocenters. The molecule has 1 aliphatic heterocycles. The number of hydrogen-bond donors (Lipinski definition) is 0. The van der Waals surface area contributed by atoms with E-state index in [-0.39, 0.29) is 41.1 Å². The van der Waals surface area contributed by atoms with E-state index in [0.717, 1.165) is 23.0 Å². The van der Waals surface area contributed by atoms with E-state index in [9.17, 15) is 22.0 Å². The Morgan fingerprint density at radius 1 is 1.16 bits per heavy atom. The van der Waals surface area contributed by atoms with Crippen LogP contribution < -0.4 is 9.64 Å². The highest BCUT2D eigenvalue weighted by Crippen LogP contribution is 2.34. The standard InChI is InChI=1S/C26H24F2N4O4S2/c1-36-20-4-6-21(7-5-20)38(34,35)31-11-8-18(9-12-31)25(33)32(16-17-3-2-10-29-15-17)26-30-24-22(28)13-19(27)14-23(24)37-26/h2-7,10,13-15,18H,8-9,11-12,16H2,1H3. The van der Waals surface area contributed by atoms with Gasteiger partial charge in [0, 0.05) is 37.5 Å². The van der Waals surface area contributed by atoms with Gasteiger partial charge in [0.25, 0.3) is 0 Å². The summed E-state index contributed by atoms with van der Waals surface area (Å²) in [5.74, 6) is -1.69. The number of methoxy groups -OCH3 is 1. The van der Waals surface area contributed by atoms with Crippen LogP contribution in [-0.2, 0) is 21.4 Å².